The first-order chi connectivity index (χ1) is 8.24. The van der Waals surface area contributed by atoms with Gasteiger partial charge in [0.1, 0.15) is 5.82 Å². The monoisotopic (exact) mass is 229 g/mol. The summed E-state index contributed by atoms with van der Waals surface area (Å²) in [5.74, 6) is 1.10. The fourth-order valence-corrected chi connectivity index (χ4v) is 2.54. The van der Waals surface area contributed by atoms with Crippen molar-refractivity contribution in [3.8, 4) is 0 Å². The minimum atomic E-state index is 0.414. The van der Waals surface area contributed by atoms with E-state index >= 15 is 0 Å². The molecule has 2 aromatic rings. The molecule has 1 aromatic carbocycles. The number of hydrogen-bond donors (Lipinski definition) is 2. The van der Waals surface area contributed by atoms with E-state index in [1.54, 1.807) is 0 Å². The number of nitrogens with one attached hydrogen (secondary N) is 2. The summed E-state index contributed by atoms with van der Waals surface area (Å²) in [6, 6.07) is 4.79. The zero-order valence-corrected chi connectivity index (χ0v) is 10.5. The van der Waals surface area contributed by atoms with Crippen molar-refractivity contribution in [3.05, 3.63) is 29.1 Å². The number of nitrogens with zero attached hydrogens (tertiary/aromatic N) is 1. The van der Waals surface area contributed by atoms with Crippen LogP contribution in [0.1, 0.15) is 42.3 Å². The lowest BCUT2D eigenvalue weighted by atomic mass is 10.0. The lowest BCUT2D eigenvalue weighted by molar-refractivity contribution is 0.400. The summed E-state index contributed by atoms with van der Waals surface area (Å²) in [4.78, 5) is 8.18. The number of benzene rings is 1. The topological polar surface area (TPSA) is 40.7 Å². The fourth-order valence-electron chi connectivity index (χ4n) is 2.54. The van der Waals surface area contributed by atoms with Gasteiger partial charge in [0.25, 0.3) is 0 Å². The molecule has 2 N–H and O–H groups in total. The van der Waals surface area contributed by atoms with Crippen LogP contribution in [0.3, 0.4) is 0 Å². The second kappa shape index (κ2) is 4.15. The Morgan fingerprint density at radius 1 is 1.18 bits per heavy atom. The van der Waals surface area contributed by atoms with Crippen LogP contribution in [0.15, 0.2) is 12.1 Å². The molecule has 1 fully saturated rings. The summed E-state index contributed by atoms with van der Waals surface area (Å²) >= 11 is 0. The van der Waals surface area contributed by atoms with Crippen LogP contribution in [0.5, 0.6) is 0 Å². The summed E-state index contributed by atoms with van der Waals surface area (Å²) in [7, 11) is 0. The Bertz CT molecular complexity index is 497. The Morgan fingerprint density at radius 2 is 2.00 bits per heavy atom. The minimum Gasteiger partial charge on any atom is -0.341 e. The van der Waals surface area contributed by atoms with E-state index in [1.165, 1.54) is 30.4 Å². The first kappa shape index (κ1) is 10.8. The molecule has 3 rings (SSSR count). The van der Waals surface area contributed by atoms with Gasteiger partial charge in [0.2, 0.25) is 0 Å². The summed E-state index contributed by atoms with van der Waals surface area (Å²) in [6.45, 7) is 5.40. The molecule has 0 amide bonds. The minimum absolute atomic E-state index is 0.414. The van der Waals surface area contributed by atoms with Crippen molar-refractivity contribution >= 4 is 11.0 Å². The number of imidazole rings is 1. The van der Waals surface area contributed by atoms with Crippen molar-refractivity contribution < 1.29 is 0 Å². The molecule has 0 spiro atoms. The Balaban J connectivity index is 2.00. The van der Waals surface area contributed by atoms with Crippen LogP contribution < -0.4 is 5.32 Å². The Hall–Kier alpha value is -1.35. The summed E-state index contributed by atoms with van der Waals surface area (Å²) in [6.07, 6.45) is 3.78. The Morgan fingerprint density at radius 3 is 2.76 bits per heavy atom. The van der Waals surface area contributed by atoms with Crippen molar-refractivity contribution in [1.82, 2.24) is 15.3 Å². The van der Waals surface area contributed by atoms with Crippen LogP contribution in [-0.2, 0) is 0 Å². The predicted octanol–water partition coefficient (Wildman–Crippen LogP) is 2.99. The molecule has 0 saturated carbocycles. The van der Waals surface area contributed by atoms with Gasteiger partial charge in [-0.2, -0.15) is 0 Å². The average molecular weight is 229 g/mol. The second-order valence-electron chi connectivity index (χ2n) is 5.08. The van der Waals surface area contributed by atoms with Crippen LogP contribution in [0.25, 0.3) is 11.0 Å². The standard InChI is InChI=1S/C14H19N3/c1-9-7-12-13(8-10(9)2)17-14(16-12)11-5-3-4-6-15-11/h7-8,11,15H,3-6H2,1-2H3,(H,16,17). The summed E-state index contributed by atoms with van der Waals surface area (Å²) in [5, 5.41) is 3.53. The maximum absolute atomic E-state index is 4.72. The van der Waals surface area contributed by atoms with Gasteiger partial charge in [-0.3, -0.25) is 0 Å². The molecule has 0 aliphatic carbocycles. The van der Waals surface area contributed by atoms with Crippen LogP contribution in [0.4, 0.5) is 0 Å². The first-order valence-corrected chi connectivity index (χ1v) is 6.44. The largest absolute Gasteiger partial charge is 0.341 e. The lowest BCUT2D eigenvalue weighted by Gasteiger charge is -2.21. The molecule has 0 radical (unpaired) electrons. The molecule has 90 valence electrons. The van der Waals surface area contributed by atoms with Crippen LogP contribution in [0.2, 0.25) is 0 Å². The zero-order chi connectivity index (χ0) is 11.8. The maximum atomic E-state index is 4.72. The van der Waals surface area contributed by atoms with Crippen molar-refractivity contribution in [2.75, 3.05) is 6.54 Å². The fraction of sp³-hybridized carbons (Fsp3) is 0.500. The molecule has 1 saturated heterocycles. The second-order valence-corrected chi connectivity index (χ2v) is 5.08. The van der Waals surface area contributed by atoms with Crippen molar-refractivity contribution in [1.29, 1.82) is 0 Å². The molecule has 1 aromatic heterocycles. The lowest BCUT2D eigenvalue weighted by Crippen LogP contribution is -2.27. The van der Waals surface area contributed by atoms with Crippen molar-refractivity contribution in [3.63, 3.8) is 0 Å². The highest BCUT2D eigenvalue weighted by molar-refractivity contribution is 5.77. The van der Waals surface area contributed by atoms with Crippen molar-refractivity contribution in [2.24, 2.45) is 0 Å². The highest BCUT2D eigenvalue weighted by Gasteiger charge is 2.18. The number of aromatic nitrogens is 2. The molecular weight excluding hydrogens is 210 g/mol. The smallest absolute Gasteiger partial charge is 0.124 e. The third kappa shape index (κ3) is 1.95. The SMILES string of the molecule is Cc1cc2nc(C3CCCCN3)[nH]c2cc1C. The molecule has 1 unspecified atom stereocenters. The van der Waals surface area contributed by atoms with Gasteiger partial charge in [-0.15, -0.1) is 0 Å². The predicted molar refractivity (Wildman–Crippen MR) is 70.2 cm³/mol. The Kier molecular flexibility index (Phi) is 2.63. The molecule has 1 aliphatic heterocycles. The number of piperidine rings is 1. The highest BCUT2D eigenvalue weighted by atomic mass is 15.0. The quantitative estimate of drug-likeness (QED) is 0.789. The third-order valence-corrected chi connectivity index (χ3v) is 3.76. The zero-order valence-electron chi connectivity index (χ0n) is 10.5. The average Bonchev–Trinajstić information content (AvgIpc) is 2.74. The van der Waals surface area contributed by atoms with Gasteiger partial charge in [0.05, 0.1) is 17.1 Å². The summed E-state index contributed by atoms with van der Waals surface area (Å²) < 4.78 is 0. The van der Waals surface area contributed by atoms with Gasteiger partial charge in [0, 0.05) is 0 Å². The molecular formula is C14H19N3. The number of aromatic amines is 1. The molecule has 0 bridgehead atoms. The summed E-state index contributed by atoms with van der Waals surface area (Å²) in [5.41, 5.74) is 4.89. The molecule has 1 atom stereocenters. The van der Waals surface area contributed by atoms with Gasteiger partial charge in [-0.1, -0.05) is 6.42 Å². The number of hydrogen-bond acceptors (Lipinski definition) is 2. The molecule has 3 nitrogen and oxygen atoms in total. The first-order valence-electron chi connectivity index (χ1n) is 6.44. The highest BCUT2D eigenvalue weighted by Crippen LogP contribution is 2.24. The van der Waals surface area contributed by atoms with Crippen LogP contribution in [-0.4, -0.2) is 16.5 Å². The normalized spacial score (nSPS) is 20.9. The van der Waals surface area contributed by atoms with Gasteiger partial charge in [0.15, 0.2) is 0 Å². The van der Waals surface area contributed by atoms with E-state index in [2.05, 4.69) is 36.3 Å². The van der Waals surface area contributed by atoms with Gasteiger partial charge >= 0.3 is 0 Å². The van der Waals surface area contributed by atoms with Crippen LogP contribution in [0, 0.1) is 13.8 Å². The van der Waals surface area contributed by atoms with E-state index in [0.717, 1.165) is 23.4 Å². The van der Waals surface area contributed by atoms with E-state index in [9.17, 15) is 0 Å². The van der Waals surface area contributed by atoms with E-state index < -0.39 is 0 Å². The molecule has 1 aliphatic rings. The number of H-pyrrole nitrogens is 1. The van der Waals surface area contributed by atoms with Crippen LogP contribution >= 0.6 is 0 Å². The van der Waals surface area contributed by atoms with Crippen molar-refractivity contribution in [2.45, 2.75) is 39.2 Å². The van der Waals surface area contributed by atoms with E-state index in [4.69, 9.17) is 4.98 Å². The van der Waals surface area contributed by atoms with Gasteiger partial charge in [-0.25, -0.2) is 4.98 Å². The Labute approximate surface area is 102 Å². The number of rotatable bonds is 1. The number of fused-ring (bicyclic) bond motifs is 1. The molecule has 17 heavy (non-hydrogen) atoms. The van der Waals surface area contributed by atoms with E-state index in [1.807, 2.05) is 0 Å². The molecule has 2 heterocycles. The van der Waals surface area contributed by atoms with E-state index in [-0.39, 0.29) is 0 Å². The van der Waals surface area contributed by atoms with Gasteiger partial charge < -0.3 is 10.3 Å². The number of aryl methyl sites for hydroxylation is 2. The third-order valence-electron chi connectivity index (χ3n) is 3.76. The van der Waals surface area contributed by atoms with Gasteiger partial charge in [-0.05, 0) is 56.5 Å². The molecule has 3 heteroatoms. The maximum Gasteiger partial charge on any atom is 0.124 e. The van der Waals surface area contributed by atoms with E-state index in [0.29, 0.717) is 6.04 Å².